The van der Waals surface area contributed by atoms with E-state index in [4.69, 9.17) is 34.8 Å². The summed E-state index contributed by atoms with van der Waals surface area (Å²) in [6.07, 6.45) is 0. The Hall–Kier alpha value is 0.210. The molecule has 1 atom stereocenters. The Labute approximate surface area is 91.5 Å². The molecule has 1 fully saturated rings. The molecule has 74 valence electrons. The number of rotatable bonds is 0. The highest BCUT2D eigenvalue weighted by atomic mass is 35.5. The second-order valence-corrected chi connectivity index (χ2v) is 5.94. The highest BCUT2D eigenvalue weighted by Gasteiger charge is 2.70. The van der Waals surface area contributed by atoms with Gasteiger partial charge in [-0.15, -0.1) is 11.6 Å². The molecule has 2 nitrogen and oxygen atoms in total. The fraction of sp³-hybridized carbons (Fsp3) is 0.750. The first-order valence-corrected chi connectivity index (χ1v) is 4.86. The van der Waals surface area contributed by atoms with Crippen LogP contribution >= 0.6 is 34.8 Å². The first kappa shape index (κ1) is 11.3. The minimum atomic E-state index is -1.56. The molecule has 0 radical (unpaired) electrons. The Morgan fingerprint density at radius 2 is 1.31 bits per heavy atom. The number of ketones is 2. The normalized spacial score (nSPS) is 36.8. The van der Waals surface area contributed by atoms with Gasteiger partial charge in [-0.05, 0) is 20.8 Å². The van der Waals surface area contributed by atoms with Crippen LogP contribution in [0, 0.1) is 5.41 Å². The minimum absolute atomic E-state index is 0.616. The first-order valence-electron chi connectivity index (χ1n) is 3.73. The number of Topliss-reactive ketones (excluding diaryl/α,β-unsaturated/α-hetero) is 2. The molecule has 0 saturated heterocycles. The van der Waals surface area contributed by atoms with Gasteiger partial charge in [0.25, 0.3) is 0 Å². The monoisotopic (exact) mass is 242 g/mol. The van der Waals surface area contributed by atoms with Crippen molar-refractivity contribution in [2.45, 2.75) is 30.0 Å². The van der Waals surface area contributed by atoms with E-state index in [9.17, 15) is 9.59 Å². The Morgan fingerprint density at radius 1 is 0.923 bits per heavy atom. The first-order chi connectivity index (χ1) is 5.57. The summed E-state index contributed by atoms with van der Waals surface area (Å²) in [6, 6.07) is 0. The van der Waals surface area contributed by atoms with E-state index in [-0.39, 0.29) is 0 Å². The molecule has 1 aliphatic carbocycles. The standard InChI is InChI=1S/C8H9Cl3O2/c1-6(2)4(12)5(13)7(3,9)8(6,10)11/h1-3H3. The molecule has 0 aliphatic heterocycles. The largest absolute Gasteiger partial charge is 0.290 e. The summed E-state index contributed by atoms with van der Waals surface area (Å²) in [7, 11) is 0. The number of halogens is 3. The summed E-state index contributed by atoms with van der Waals surface area (Å²) in [4.78, 5) is 21.3. The fourth-order valence-corrected chi connectivity index (χ4v) is 2.03. The maximum atomic E-state index is 11.5. The van der Waals surface area contributed by atoms with Gasteiger partial charge in [0.15, 0.2) is 4.33 Å². The van der Waals surface area contributed by atoms with Crippen molar-refractivity contribution < 1.29 is 9.59 Å². The van der Waals surface area contributed by atoms with Crippen molar-refractivity contribution in [3.63, 3.8) is 0 Å². The third-order valence-corrected chi connectivity index (χ3v) is 4.92. The van der Waals surface area contributed by atoms with E-state index in [1.165, 1.54) is 20.8 Å². The van der Waals surface area contributed by atoms with E-state index in [1.54, 1.807) is 0 Å². The number of hydrogen-bond acceptors (Lipinski definition) is 2. The van der Waals surface area contributed by atoms with Crippen LogP contribution in [-0.2, 0) is 9.59 Å². The zero-order chi connectivity index (χ0) is 10.7. The lowest BCUT2D eigenvalue weighted by atomic mass is 9.88. The van der Waals surface area contributed by atoms with Crippen LogP contribution in [0.1, 0.15) is 20.8 Å². The average Bonchev–Trinajstić information content (AvgIpc) is 2.05. The molecule has 0 amide bonds. The quantitative estimate of drug-likeness (QED) is 0.483. The van der Waals surface area contributed by atoms with E-state index < -0.39 is 26.2 Å². The van der Waals surface area contributed by atoms with Crippen molar-refractivity contribution in [2.24, 2.45) is 5.41 Å². The second kappa shape index (κ2) is 2.62. The van der Waals surface area contributed by atoms with E-state index >= 15 is 0 Å². The van der Waals surface area contributed by atoms with Crippen molar-refractivity contribution in [1.82, 2.24) is 0 Å². The van der Waals surface area contributed by atoms with Crippen LogP contribution in [0.5, 0.6) is 0 Å². The van der Waals surface area contributed by atoms with E-state index in [0.717, 1.165) is 0 Å². The van der Waals surface area contributed by atoms with Gasteiger partial charge >= 0.3 is 0 Å². The zero-order valence-corrected chi connectivity index (χ0v) is 9.72. The Morgan fingerprint density at radius 3 is 1.38 bits per heavy atom. The smallest absolute Gasteiger partial charge is 0.222 e. The summed E-state index contributed by atoms with van der Waals surface area (Å²) in [5.41, 5.74) is -1.14. The molecule has 0 aromatic heterocycles. The van der Waals surface area contributed by atoms with Crippen LogP contribution in [0.4, 0.5) is 0 Å². The van der Waals surface area contributed by atoms with E-state index in [2.05, 4.69) is 0 Å². The van der Waals surface area contributed by atoms with Gasteiger partial charge in [0.05, 0.1) is 5.41 Å². The Balaban J connectivity index is 3.40. The maximum absolute atomic E-state index is 11.5. The molecule has 13 heavy (non-hydrogen) atoms. The molecule has 0 aromatic carbocycles. The van der Waals surface area contributed by atoms with Crippen LogP contribution in [0.25, 0.3) is 0 Å². The molecule has 0 heterocycles. The fourth-order valence-electron chi connectivity index (χ4n) is 1.37. The Kier molecular flexibility index (Phi) is 2.27. The van der Waals surface area contributed by atoms with Crippen LogP contribution in [0.3, 0.4) is 0 Å². The predicted molar refractivity (Wildman–Crippen MR) is 52.5 cm³/mol. The van der Waals surface area contributed by atoms with Gasteiger partial charge < -0.3 is 0 Å². The molecule has 0 spiro atoms. The van der Waals surface area contributed by atoms with Crippen LogP contribution in [0.2, 0.25) is 0 Å². The average molecular weight is 244 g/mol. The van der Waals surface area contributed by atoms with Crippen molar-refractivity contribution >= 4 is 46.4 Å². The molecule has 1 aliphatic rings. The van der Waals surface area contributed by atoms with Gasteiger partial charge in [0.2, 0.25) is 11.6 Å². The molecule has 1 rings (SSSR count). The lowest BCUT2D eigenvalue weighted by Crippen LogP contribution is -2.44. The second-order valence-electron chi connectivity index (χ2n) is 3.86. The van der Waals surface area contributed by atoms with Crippen LogP contribution in [0.15, 0.2) is 0 Å². The molecule has 0 aromatic rings. The Bertz CT molecular complexity index is 264. The summed E-state index contributed by atoms with van der Waals surface area (Å²) in [5.74, 6) is -1.33. The number of hydrogen-bond donors (Lipinski definition) is 0. The minimum Gasteiger partial charge on any atom is -0.290 e. The predicted octanol–water partition coefficient (Wildman–Crippen LogP) is 2.34. The van der Waals surface area contributed by atoms with Crippen molar-refractivity contribution in [2.75, 3.05) is 0 Å². The third kappa shape index (κ3) is 1.09. The molecule has 0 N–H and O–H groups in total. The van der Waals surface area contributed by atoms with E-state index in [0.29, 0.717) is 0 Å². The highest BCUT2D eigenvalue weighted by molar-refractivity contribution is 6.68. The molecule has 0 bridgehead atoms. The van der Waals surface area contributed by atoms with Gasteiger partial charge in [-0.25, -0.2) is 0 Å². The zero-order valence-electron chi connectivity index (χ0n) is 7.45. The number of carbonyl (C=O) groups excluding carboxylic acids is 2. The van der Waals surface area contributed by atoms with Crippen LogP contribution in [-0.4, -0.2) is 20.8 Å². The molecular weight excluding hydrogens is 234 g/mol. The van der Waals surface area contributed by atoms with Gasteiger partial charge in [-0.3, -0.25) is 9.59 Å². The lowest BCUT2D eigenvalue weighted by molar-refractivity contribution is -0.138. The highest BCUT2D eigenvalue weighted by Crippen LogP contribution is 2.57. The van der Waals surface area contributed by atoms with Gasteiger partial charge in [-0.1, -0.05) is 23.2 Å². The number of alkyl halides is 3. The van der Waals surface area contributed by atoms with Gasteiger partial charge in [0.1, 0.15) is 4.87 Å². The summed E-state index contributed by atoms with van der Waals surface area (Å²) < 4.78 is -1.56. The van der Waals surface area contributed by atoms with Crippen LogP contribution < -0.4 is 0 Å². The molecule has 5 heteroatoms. The van der Waals surface area contributed by atoms with Crippen molar-refractivity contribution in [1.29, 1.82) is 0 Å². The SMILES string of the molecule is CC1(C)C(=O)C(=O)C(C)(Cl)C1(Cl)Cl. The topological polar surface area (TPSA) is 34.1 Å². The van der Waals surface area contributed by atoms with Crippen molar-refractivity contribution in [3.05, 3.63) is 0 Å². The van der Waals surface area contributed by atoms with Gasteiger partial charge in [0, 0.05) is 0 Å². The summed E-state index contributed by atoms with van der Waals surface area (Å²) in [5, 5.41) is 0. The molecule has 1 saturated carbocycles. The molecule has 1 unspecified atom stereocenters. The summed E-state index contributed by atoms with van der Waals surface area (Å²) in [6.45, 7) is 4.39. The van der Waals surface area contributed by atoms with Crippen molar-refractivity contribution in [3.8, 4) is 0 Å². The summed E-state index contributed by atoms with van der Waals surface area (Å²) >= 11 is 17.7. The lowest BCUT2D eigenvalue weighted by Gasteiger charge is -2.33. The van der Waals surface area contributed by atoms with E-state index in [1.807, 2.05) is 0 Å². The maximum Gasteiger partial charge on any atom is 0.222 e. The number of carbonyl (C=O) groups is 2. The molecular formula is C8H9Cl3O2. The third-order valence-electron chi connectivity index (χ3n) is 2.57. The van der Waals surface area contributed by atoms with Gasteiger partial charge in [-0.2, -0.15) is 0 Å².